The maximum Gasteiger partial charge on any atom is 0.407 e. The molecule has 2 rings (SSSR count). The first-order valence-corrected chi connectivity index (χ1v) is 9.21. The number of nitrogens with zero attached hydrogens (tertiary/aromatic N) is 3. The molecule has 6 nitrogen and oxygen atoms in total. The Bertz CT molecular complexity index is 565. The van der Waals surface area contributed by atoms with E-state index in [9.17, 15) is 4.79 Å². The normalized spacial score (nSPS) is 18.1. The van der Waals surface area contributed by atoms with Crippen LogP contribution in [0, 0.1) is 0 Å². The van der Waals surface area contributed by atoms with E-state index in [2.05, 4.69) is 20.2 Å². The van der Waals surface area contributed by atoms with E-state index in [1.165, 1.54) is 11.8 Å². The molecule has 1 N–H and O–H groups in total. The summed E-state index contributed by atoms with van der Waals surface area (Å²) in [6, 6.07) is 1.95. The number of carbonyl (C=O) groups is 1. The number of nitrogens with one attached hydrogen (secondary N) is 1. The lowest BCUT2D eigenvalue weighted by atomic mass is 10.2. The fourth-order valence-electron chi connectivity index (χ4n) is 2.49. The molecule has 0 radical (unpaired) electrons. The number of amides is 1. The van der Waals surface area contributed by atoms with Crippen LogP contribution in [0.25, 0.3) is 0 Å². The van der Waals surface area contributed by atoms with Gasteiger partial charge in [0.15, 0.2) is 5.16 Å². The van der Waals surface area contributed by atoms with Gasteiger partial charge in [-0.15, -0.1) is 0 Å². The molecule has 1 saturated heterocycles. The lowest BCUT2D eigenvalue weighted by Gasteiger charge is -2.27. The zero-order valence-corrected chi connectivity index (χ0v) is 15.5. The van der Waals surface area contributed by atoms with Crippen LogP contribution in [0.15, 0.2) is 11.2 Å². The Labute approximate surface area is 146 Å². The Morgan fingerprint density at radius 1 is 1.52 bits per heavy atom. The number of halogens is 1. The number of alkyl carbamates (subject to hydrolysis) is 1. The number of thioether (sulfide) groups is 1. The average molecular weight is 359 g/mol. The van der Waals surface area contributed by atoms with E-state index >= 15 is 0 Å². The first-order chi connectivity index (χ1) is 10.8. The van der Waals surface area contributed by atoms with Crippen LogP contribution in [-0.4, -0.2) is 47.0 Å². The van der Waals surface area contributed by atoms with Crippen LogP contribution in [0.1, 0.15) is 33.6 Å². The third-order valence-corrected chi connectivity index (χ3v) is 4.14. The molecule has 1 aliphatic rings. The van der Waals surface area contributed by atoms with E-state index in [1.807, 2.05) is 27.0 Å². The second kappa shape index (κ2) is 7.57. The van der Waals surface area contributed by atoms with E-state index in [4.69, 9.17) is 16.3 Å². The molecule has 1 aromatic rings. The van der Waals surface area contributed by atoms with Crippen LogP contribution >= 0.6 is 23.4 Å². The molecule has 0 aromatic carbocycles. The second-order valence-corrected chi connectivity index (χ2v) is 7.57. The summed E-state index contributed by atoms with van der Waals surface area (Å²) in [6.45, 7) is 6.96. The predicted octanol–water partition coefficient (Wildman–Crippen LogP) is 3.35. The number of anilines is 1. The summed E-state index contributed by atoms with van der Waals surface area (Å²) in [5.74, 6) is 0.808. The van der Waals surface area contributed by atoms with Crippen molar-refractivity contribution >= 4 is 35.3 Å². The number of hydrogen-bond acceptors (Lipinski definition) is 6. The first-order valence-electron chi connectivity index (χ1n) is 7.60. The Balaban J connectivity index is 2.00. The molecule has 1 amide bonds. The molecule has 8 heteroatoms. The Kier molecular flexibility index (Phi) is 5.97. The van der Waals surface area contributed by atoms with Crippen molar-refractivity contribution in [1.29, 1.82) is 0 Å². The summed E-state index contributed by atoms with van der Waals surface area (Å²) in [7, 11) is 0. The minimum atomic E-state index is -0.493. The maximum absolute atomic E-state index is 11.8. The number of carbonyl (C=O) groups excluding carboxylic acids is 1. The van der Waals surface area contributed by atoms with Gasteiger partial charge in [0.1, 0.15) is 16.6 Å². The summed E-state index contributed by atoms with van der Waals surface area (Å²) in [5, 5.41) is 3.93. The Morgan fingerprint density at radius 2 is 2.26 bits per heavy atom. The minimum Gasteiger partial charge on any atom is -0.444 e. The fraction of sp³-hybridized carbons (Fsp3) is 0.667. The molecule has 0 saturated carbocycles. The highest BCUT2D eigenvalue weighted by atomic mass is 35.5. The van der Waals surface area contributed by atoms with Gasteiger partial charge in [0, 0.05) is 25.2 Å². The maximum atomic E-state index is 11.8. The second-order valence-electron chi connectivity index (χ2n) is 6.41. The predicted molar refractivity (Wildman–Crippen MR) is 93.4 cm³/mol. The number of ether oxygens (including phenoxy) is 1. The smallest absolute Gasteiger partial charge is 0.407 e. The molecule has 1 aromatic heterocycles. The van der Waals surface area contributed by atoms with Crippen molar-refractivity contribution in [3.05, 3.63) is 11.2 Å². The summed E-state index contributed by atoms with van der Waals surface area (Å²) in [6.07, 6.45) is 3.57. The Morgan fingerprint density at radius 3 is 2.91 bits per heavy atom. The molecule has 2 heterocycles. The van der Waals surface area contributed by atoms with E-state index in [0.717, 1.165) is 25.2 Å². The van der Waals surface area contributed by atoms with Crippen LogP contribution in [0.3, 0.4) is 0 Å². The van der Waals surface area contributed by atoms with Crippen LogP contribution < -0.4 is 10.2 Å². The van der Waals surface area contributed by atoms with Crippen molar-refractivity contribution in [2.45, 2.75) is 50.4 Å². The number of hydrogen-bond donors (Lipinski definition) is 1. The molecule has 1 aliphatic heterocycles. The van der Waals surface area contributed by atoms with Crippen molar-refractivity contribution in [3.63, 3.8) is 0 Å². The van der Waals surface area contributed by atoms with E-state index < -0.39 is 11.7 Å². The molecule has 128 valence electrons. The van der Waals surface area contributed by atoms with Gasteiger partial charge in [0.2, 0.25) is 0 Å². The van der Waals surface area contributed by atoms with Crippen molar-refractivity contribution in [3.8, 4) is 0 Å². The molecule has 0 spiro atoms. The highest BCUT2D eigenvalue weighted by Gasteiger charge is 2.27. The monoisotopic (exact) mass is 358 g/mol. The summed E-state index contributed by atoms with van der Waals surface area (Å²) in [5.41, 5.74) is -0.493. The van der Waals surface area contributed by atoms with Crippen molar-refractivity contribution in [2.24, 2.45) is 0 Å². The van der Waals surface area contributed by atoms with E-state index in [1.54, 1.807) is 6.07 Å². The summed E-state index contributed by atoms with van der Waals surface area (Å²) in [4.78, 5) is 22.7. The standard InChI is InChI=1S/C15H23ClN4O2S/c1-15(2,3)22-14(21)17-9-10-6-5-7-20(10)12-8-11(16)18-13(19-12)23-4/h8,10H,5-7,9H2,1-4H3,(H,17,21)/t10-/m1/s1. The third kappa shape index (κ3) is 5.42. The van der Waals surface area contributed by atoms with Gasteiger partial charge in [-0.05, 0) is 39.9 Å². The van der Waals surface area contributed by atoms with Crippen molar-refractivity contribution in [2.75, 3.05) is 24.2 Å². The largest absolute Gasteiger partial charge is 0.444 e. The van der Waals surface area contributed by atoms with Gasteiger partial charge in [-0.25, -0.2) is 14.8 Å². The molecule has 0 bridgehead atoms. The van der Waals surface area contributed by atoms with Gasteiger partial charge >= 0.3 is 6.09 Å². The third-order valence-electron chi connectivity index (χ3n) is 3.40. The Hall–Kier alpha value is -1.21. The van der Waals surface area contributed by atoms with Crippen LogP contribution in [0.5, 0.6) is 0 Å². The molecule has 0 unspecified atom stereocenters. The highest BCUT2D eigenvalue weighted by molar-refractivity contribution is 7.98. The SMILES string of the molecule is CSc1nc(Cl)cc(N2CCC[C@@H]2CNC(=O)OC(C)(C)C)n1. The van der Waals surface area contributed by atoms with Gasteiger partial charge in [0.05, 0.1) is 0 Å². The zero-order valence-electron chi connectivity index (χ0n) is 13.9. The lowest BCUT2D eigenvalue weighted by Crippen LogP contribution is -2.42. The summed E-state index contributed by atoms with van der Waals surface area (Å²) >= 11 is 7.53. The summed E-state index contributed by atoms with van der Waals surface area (Å²) < 4.78 is 5.28. The zero-order chi connectivity index (χ0) is 17.0. The molecule has 0 aliphatic carbocycles. The molecule has 1 atom stereocenters. The van der Waals surface area contributed by atoms with Gasteiger partial charge < -0.3 is 15.0 Å². The topological polar surface area (TPSA) is 67.4 Å². The molecule has 1 fully saturated rings. The first kappa shape index (κ1) is 18.1. The van der Waals surface area contributed by atoms with Gasteiger partial charge in [-0.1, -0.05) is 23.4 Å². The van der Waals surface area contributed by atoms with E-state index in [-0.39, 0.29) is 6.04 Å². The average Bonchev–Trinajstić information content (AvgIpc) is 2.91. The van der Waals surface area contributed by atoms with Gasteiger partial charge in [-0.3, -0.25) is 0 Å². The van der Waals surface area contributed by atoms with Gasteiger partial charge in [-0.2, -0.15) is 0 Å². The minimum absolute atomic E-state index is 0.184. The highest BCUT2D eigenvalue weighted by Crippen LogP contribution is 2.27. The van der Waals surface area contributed by atoms with Crippen molar-refractivity contribution < 1.29 is 9.53 Å². The number of aromatic nitrogens is 2. The fourth-order valence-corrected chi connectivity index (χ4v) is 3.09. The number of rotatable bonds is 4. The lowest BCUT2D eigenvalue weighted by molar-refractivity contribution is 0.0525. The quantitative estimate of drug-likeness (QED) is 0.505. The van der Waals surface area contributed by atoms with Crippen LogP contribution in [0.2, 0.25) is 5.15 Å². The molecule has 23 heavy (non-hydrogen) atoms. The molecular weight excluding hydrogens is 336 g/mol. The van der Waals surface area contributed by atoms with E-state index in [0.29, 0.717) is 16.9 Å². The van der Waals surface area contributed by atoms with Gasteiger partial charge in [0.25, 0.3) is 0 Å². The molecular formula is C15H23ClN4O2S. The van der Waals surface area contributed by atoms with Crippen LogP contribution in [0.4, 0.5) is 10.6 Å². The van der Waals surface area contributed by atoms with Crippen LogP contribution in [-0.2, 0) is 4.74 Å². The van der Waals surface area contributed by atoms with Crippen molar-refractivity contribution in [1.82, 2.24) is 15.3 Å².